The molecule has 0 aliphatic carbocycles. The van der Waals surface area contributed by atoms with Crippen LogP contribution in [0.5, 0.6) is 0 Å². The third-order valence-electron chi connectivity index (χ3n) is 3.33. The van der Waals surface area contributed by atoms with Crippen LogP contribution in [-0.4, -0.2) is 40.0 Å². The van der Waals surface area contributed by atoms with E-state index in [0.717, 1.165) is 5.56 Å². The molecule has 0 saturated carbocycles. The molecule has 0 saturated heterocycles. The number of methoxy groups -OCH3 is 1. The number of amides is 2. The Labute approximate surface area is 148 Å². The Bertz CT molecular complexity index is 858. The fourth-order valence-corrected chi connectivity index (χ4v) is 2.15. The molecular formula is C16H18N6O4. The molecule has 2 aromatic heterocycles. The van der Waals surface area contributed by atoms with Crippen LogP contribution in [0.2, 0.25) is 0 Å². The summed E-state index contributed by atoms with van der Waals surface area (Å²) in [6.07, 6.45) is 0.430. The average molecular weight is 358 g/mol. The highest BCUT2D eigenvalue weighted by atomic mass is 16.5. The molecule has 10 nitrogen and oxygen atoms in total. The topological polar surface area (TPSA) is 128 Å². The molecule has 3 rings (SSSR count). The Balaban J connectivity index is 1.45. The van der Waals surface area contributed by atoms with Gasteiger partial charge in [-0.1, -0.05) is 10.3 Å². The molecule has 0 radical (unpaired) electrons. The van der Waals surface area contributed by atoms with E-state index >= 15 is 0 Å². The van der Waals surface area contributed by atoms with Gasteiger partial charge in [0.15, 0.2) is 11.6 Å². The molecule has 2 N–H and O–H groups in total. The van der Waals surface area contributed by atoms with Gasteiger partial charge in [-0.25, -0.2) is 4.79 Å². The minimum Gasteiger partial charge on any atom is -0.377 e. The molecule has 2 amide bonds. The standard InChI is InChI=1S/C16H18N6O4/c1-10-18-15(26-21-10)11-3-5-12(6-4-11)19-16(23)17-8-7-14-20-13(9-24-2)22-25-14/h3-6H,7-9H2,1-2H3,(H2,17,19,23). The number of carbonyl (C=O) groups excluding carboxylic acids is 1. The molecule has 136 valence electrons. The van der Waals surface area contributed by atoms with Gasteiger partial charge in [0.05, 0.1) is 0 Å². The number of aromatic nitrogens is 4. The predicted octanol–water partition coefficient (Wildman–Crippen LogP) is 1.94. The van der Waals surface area contributed by atoms with Crippen LogP contribution in [0, 0.1) is 6.92 Å². The highest BCUT2D eigenvalue weighted by molar-refractivity contribution is 5.89. The van der Waals surface area contributed by atoms with Crippen LogP contribution >= 0.6 is 0 Å². The van der Waals surface area contributed by atoms with E-state index in [1.165, 1.54) is 0 Å². The van der Waals surface area contributed by atoms with E-state index in [0.29, 0.717) is 42.1 Å². The number of hydrogen-bond donors (Lipinski definition) is 2. The smallest absolute Gasteiger partial charge is 0.319 e. The van der Waals surface area contributed by atoms with Crippen molar-refractivity contribution in [1.82, 2.24) is 25.6 Å². The number of nitrogens with one attached hydrogen (secondary N) is 2. The Morgan fingerprint density at radius 1 is 1.15 bits per heavy atom. The minimum atomic E-state index is -0.331. The number of aryl methyl sites for hydroxylation is 1. The summed E-state index contributed by atoms with van der Waals surface area (Å²) in [6.45, 7) is 2.40. The number of carbonyl (C=O) groups is 1. The SMILES string of the molecule is COCc1noc(CCNC(=O)Nc2ccc(-c3nc(C)no3)cc2)n1. The third kappa shape index (κ3) is 4.63. The van der Waals surface area contributed by atoms with Crippen molar-refractivity contribution < 1.29 is 18.6 Å². The van der Waals surface area contributed by atoms with Crippen molar-refractivity contribution in [3.05, 3.63) is 41.8 Å². The number of benzene rings is 1. The molecule has 0 fully saturated rings. The van der Waals surface area contributed by atoms with Gasteiger partial charge >= 0.3 is 6.03 Å². The highest BCUT2D eigenvalue weighted by Crippen LogP contribution is 2.19. The minimum absolute atomic E-state index is 0.288. The van der Waals surface area contributed by atoms with Gasteiger partial charge < -0.3 is 24.4 Å². The number of nitrogens with zero attached hydrogens (tertiary/aromatic N) is 4. The van der Waals surface area contributed by atoms with E-state index in [4.69, 9.17) is 13.8 Å². The van der Waals surface area contributed by atoms with Crippen LogP contribution in [0.15, 0.2) is 33.3 Å². The highest BCUT2D eigenvalue weighted by Gasteiger charge is 2.08. The Morgan fingerprint density at radius 3 is 2.65 bits per heavy atom. The summed E-state index contributed by atoms with van der Waals surface area (Å²) in [4.78, 5) is 20.2. The van der Waals surface area contributed by atoms with Crippen molar-refractivity contribution in [3.8, 4) is 11.5 Å². The molecule has 2 heterocycles. The van der Waals surface area contributed by atoms with Gasteiger partial charge in [-0.15, -0.1) is 0 Å². The quantitative estimate of drug-likeness (QED) is 0.656. The third-order valence-corrected chi connectivity index (χ3v) is 3.33. The van der Waals surface area contributed by atoms with Crippen molar-refractivity contribution in [2.45, 2.75) is 20.0 Å². The first-order valence-corrected chi connectivity index (χ1v) is 7.90. The predicted molar refractivity (Wildman–Crippen MR) is 90.2 cm³/mol. The van der Waals surface area contributed by atoms with Gasteiger partial charge in [0, 0.05) is 31.3 Å². The van der Waals surface area contributed by atoms with E-state index in [1.54, 1.807) is 38.3 Å². The summed E-state index contributed by atoms with van der Waals surface area (Å²) in [5, 5.41) is 12.9. The number of hydrogen-bond acceptors (Lipinski definition) is 8. The van der Waals surface area contributed by atoms with Gasteiger partial charge in [-0.3, -0.25) is 0 Å². The lowest BCUT2D eigenvalue weighted by molar-refractivity contribution is 0.174. The first-order chi connectivity index (χ1) is 12.6. The summed E-state index contributed by atoms with van der Waals surface area (Å²) >= 11 is 0. The lowest BCUT2D eigenvalue weighted by Gasteiger charge is -2.06. The summed E-state index contributed by atoms with van der Waals surface area (Å²) in [5.41, 5.74) is 1.42. The normalized spacial score (nSPS) is 10.7. The molecule has 1 aromatic carbocycles. The molecule has 0 aliphatic rings. The van der Waals surface area contributed by atoms with Gasteiger partial charge in [-0.2, -0.15) is 9.97 Å². The van der Waals surface area contributed by atoms with E-state index in [-0.39, 0.29) is 12.6 Å². The first kappa shape index (κ1) is 17.5. The van der Waals surface area contributed by atoms with Gasteiger partial charge in [0.1, 0.15) is 6.61 Å². The average Bonchev–Trinajstić information content (AvgIpc) is 3.25. The zero-order chi connectivity index (χ0) is 18.4. The number of urea groups is 1. The van der Waals surface area contributed by atoms with Crippen molar-refractivity contribution in [2.75, 3.05) is 19.0 Å². The number of ether oxygens (including phenoxy) is 1. The molecule has 0 bridgehead atoms. The molecular weight excluding hydrogens is 340 g/mol. The van der Waals surface area contributed by atoms with E-state index in [1.807, 2.05) is 0 Å². The van der Waals surface area contributed by atoms with E-state index in [2.05, 4.69) is 30.9 Å². The van der Waals surface area contributed by atoms with Gasteiger partial charge in [0.25, 0.3) is 5.89 Å². The fraction of sp³-hybridized carbons (Fsp3) is 0.312. The summed E-state index contributed by atoms with van der Waals surface area (Å²) in [7, 11) is 1.55. The Hall–Kier alpha value is -3.27. The number of rotatable bonds is 7. The molecule has 0 spiro atoms. The molecule has 10 heteroatoms. The largest absolute Gasteiger partial charge is 0.377 e. The molecule has 0 aliphatic heterocycles. The summed E-state index contributed by atoms with van der Waals surface area (Å²) < 4.78 is 15.0. The van der Waals surface area contributed by atoms with Gasteiger partial charge in [-0.05, 0) is 31.2 Å². The Kier molecular flexibility index (Phi) is 5.54. The number of anilines is 1. The van der Waals surface area contributed by atoms with Crippen LogP contribution in [0.1, 0.15) is 17.5 Å². The zero-order valence-electron chi connectivity index (χ0n) is 14.4. The van der Waals surface area contributed by atoms with Crippen molar-refractivity contribution in [3.63, 3.8) is 0 Å². The van der Waals surface area contributed by atoms with E-state index < -0.39 is 0 Å². The maximum Gasteiger partial charge on any atom is 0.319 e. The van der Waals surface area contributed by atoms with Crippen LogP contribution < -0.4 is 10.6 Å². The molecule has 3 aromatic rings. The van der Waals surface area contributed by atoms with Crippen molar-refractivity contribution in [2.24, 2.45) is 0 Å². The second kappa shape index (κ2) is 8.21. The molecule has 0 unspecified atom stereocenters. The Morgan fingerprint density at radius 2 is 1.96 bits per heavy atom. The lowest BCUT2D eigenvalue weighted by atomic mass is 10.2. The van der Waals surface area contributed by atoms with E-state index in [9.17, 15) is 4.79 Å². The van der Waals surface area contributed by atoms with Crippen LogP contribution in [0.4, 0.5) is 10.5 Å². The van der Waals surface area contributed by atoms with Gasteiger partial charge in [0.2, 0.25) is 5.89 Å². The maximum absolute atomic E-state index is 11.9. The fourth-order valence-electron chi connectivity index (χ4n) is 2.15. The zero-order valence-corrected chi connectivity index (χ0v) is 14.4. The monoisotopic (exact) mass is 358 g/mol. The van der Waals surface area contributed by atoms with Crippen LogP contribution in [0.25, 0.3) is 11.5 Å². The second-order valence-electron chi connectivity index (χ2n) is 5.39. The van der Waals surface area contributed by atoms with Crippen LogP contribution in [-0.2, 0) is 17.8 Å². The second-order valence-corrected chi connectivity index (χ2v) is 5.39. The lowest BCUT2D eigenvalue weighted by Crippen LogP contribution is -2.30. The first-order valence-electron chi connectivity index (χ1n) is 7.90. The maximum atomic E-state index is 11.9. The summed E-state index contributed by atoms with van der Waals surface area (Å²) in [5.74, 6) is 1.92. The summed E-state index contributed by atoms with van der Waals surface area (Å²) in [6, 6.07) is 6.76. The van der Waals surface area contributed by atoms with Crippen molar-refractivity contribution in [1.29, 1.82) is 0 Å². The van der Waals surface area contributed by atoms with Crippen molar-refractivity contribution >= 4 is 11.7 Å². The molecule has 26 heavy (non-hydrogen) atoms. The molecule has 0 atom stereocenters. The van der Waals surface area contributed by atoms with Crippen LogP contribution in [0.3, 0.4) is 0 Å².